The molecule has 6 nitrogen and oxygen atoms in total. The molecule has 1 aliphatic rings. The molecule has 0 radical (unpaired) electrons. The van der Waals surface area contributed by atoms with Crippen molar-refractivity contribution < 1.29 is 9.72 Å². The van der Waals surface area contributed by atoms with Crippen molar-refractivity contribution in [2.45, 2.75) is 19.4 Å². The van der Waals surface area contributed by atoms with Crippen LogP contribution in [-0.4, -0.2) is 41.4 Å². The molecule has 1 fully saturated rings. The molecule has 0 aromatic heterocycles. The Bertz CT molecular complexity index is 496. The zero-order valence-electron chi connectivity index (χ0n) is 11.2. The number of amides is 1. The van der Waals surface area contributed by atoms with Gasteiger partial charge >= 0.3 is 0 Å². The molecule has 1 heterocycles. The van der Waals surface area contributed by atoms with Crippen LogP contribution in [0.5, 0.6) is 0 Å². The second kappa shape index (κ2) is 7.21. The lowest BCUT2D eigenvalue weighted by Gasteiger charge is -2.34. The molecule has 110 valence electrons. The van der Waals surface area contributed by atoms with Crippen molar-refractivity contribution in [2.24, 2.45) is 0 Å². The van der Waals surface area contributed by atoms with Gasteiger partial charge in [-0.25, -0.2) is 0 Å². The number of non-ortho nitro benzene ring substituents is 1. The van der Waals surface area contributed by atoms with Crippen molar-refractivity contribution in [1.82, 2.24) is 10.2 Å². The predicted octanol–water partition coefficient (Wildman–Crippen LogP) is 1.38. The maximum atomic E-state index is 12.2. The Balaban J connectivity index is 0.00000200. The summed E-state index contributed by atoms with van der Waals surface area (Å²) in [5.41, 5.74) is 0.712. The van der Waals surface area contributed by atoms with Gasteiger partial charge in [-0.15, -0.1) is 12.4 Å². The van der Waals surface area contributed by atoms with Crippen molar-refractivity contribution in [2.75, 3.05) is 19.6 Å². The summed E-state index contributed by atoms with van der Waals surface area (Å²) in [5.74, 6) is 0.0227. The molecule has 1 saturated heterocycles. The van der Waals surface area contributed by atoms with Gasteiger partial charge in [0.25, 0.3) is 5.69 Å². The summed E-state index contributed by atoms with van der Waals surface area (Å²) >= 11 is 0. The molecular formula is C13H18ClN3O3. The van der Waals surface area contributed by atoms with Gasteiger partial charge in [-0.1, -0.05) is 12.1 Å². The minimum absolute atomic E-state index is 0. The van der Waals surface area contributed by atoms with Gasteiger partial charge in [0.2, 0.25) is 5.91 Å². The van der Waals surface area contributed by atoms with Gasteiger partial charge in [-0.3, -0.25) is 14.9 Å². The maximum absolute atomic E-state index is 12.2. The molecule has 0 saturated carbocycles. The lowest BCUT2D eigenvalue weighted by molar-refractivity contribution is -0.384. The summed E-state index contributed by atoms with van der Waals surface area (Å²) in [7, 11) is 0. The SMILES string of the molecule is C[C@H]1CNCCN1C(=O)Cc1cccc([N+](=O)[O-])c1.Cl. The Morgan fingerprint density at radius 1 is 1.55 bits per heavy atom. The lowest BCUT2D eigenvalue weighted by atomic mass is 10.1. The van der Waals surface area contributed by atoms with Crippen LogP contribution in [0.2, 0.25) is 0 Å². The summed E-state index contributed by atoms with van der Waals surface area (Å²) in [5, 5.41) is 13.9. The molecule has 1 atom stereocenters. The zero-order valence-corrected chi connectivity index (χ0v) is 12.1. The van der Waals surface area contributed by atoms with Gasteiger partial charge < -0.3 is 10.2 Å². The van der Waals surface area contributed by atoms with E-state index in [0.717, 1.165) is 13.1 Å². The first-order valence-corrected chi connectivity index (χ1v) is 6.31. The minimum atomic E-state index is -0.443. The van der Waals surface area contributed by atoms with Gasteiger partial charge in [0.15, 0.2) is 0 Å². The van der Waals surface area contributed by atoms with Crippen LogP contribution in [0.15, 0.2) is 24.3 Å². The molecule has 1 aromatic rings. The average molecular weight is 300 g/mol. The van der Waals surface area contributed by atoms with Crippen LogP contribution in [0.25, 0.3) is 0 Å². The number of hydrogen-bond donors (Lipinski definition) is 1. The fourth-order valence-corrected chi connectivity index (χ4v) is 2.27. The molecule has 0 spiro atoms. The first kappa shape index (κ1) is 16.4. The average Bonchev–Trinajstić information content (AvgIpc) is 2.39. The fraction of sp³-hybridized carbons (Fsp3) is 0.462. The van der Waals surface area contributed by atoms with Crippen molar-refractivity contribution >= 4 is 24.0 Å². The van der Waals surface area contributed by atoms with Gasteiger partial charge in [0, 0.05) is 37.8 Å². The number of nitro groups is 1. The van der Waals surface area contributed by atoms with E-state index in [2.05, 4.69) is 5.32 Å². The first-order chi connectivity index (χ1) is 9.08. The highest BCUT2D eigenvalue weighted by molar-refractivity contribution is 5.85. The van der Waals surface area contributed by atoms with Crippen LogP contribution in [0, 0.1) is 10.1 Å². The third kappa shape index (κ3) is 3.91. The minimum Gasteiger partial charge on any atom is -0.337 e. The Kier molecular flexibility index (Phi) is 5.91. The van der Waals surface area contributed by atoms with Gasteiger partial charge in [-0.05, 0) is 12.5 Å². The standard InChI is InChI=1S/C13H17N3O3.ClH/c1-10-9-14-5-6-15(10)13(17)8-11-3-2-4-12(7-11)16(18)19;/h2-4,7,10,14H,5-6,8-9H2,1H3;1H/t10-;/m0./s1. The maximum Gasteiger partial charge on any atom is 0.269 e. The normalized spacial score (nSPS) is 18.2. The molecule has 1 aliphatic heterocycles. The summed E-state index contributed by atoms with van der Waals surface area (Å²) in [6, 6.07) is 6.42. The molecule has 1 amide bonds. The third-order valence-corrected chi connectivity index (χ3v) is 3.30. The second-order valence-electron chi connectivity index (χ2n) is 4.74. The molecule has 0 aliphatic carbocycles. The van der Waals surface area contributed by atoms with E-state index >= 15 is 0 Å². The van der Waals surface area contributed by atoms with E-state index in [1.54, 1.807) is 12.1 Å². The molecular weight excluding hydrogens is 282 g/mol. The van der Waals surface area contributed by atoms with E-state index in [4.69, 9.17) is 0 Å². The number of rotatable bonds is 3. The molecule has 7 heteroatoms. The Morgan fingerprint density at radius 2 is 2.30 bits per heavy atom. The van der Waals surface area contributed by atoms with E-state index in [1.165, 1.54) is 12.1 Å². The molecule has 1 N–H and O–H groups in total. The third-order valence-electron chi connectivity index (χ3n) is 3.30. The first-order valence-electron chi connectivity index (χ1n) is 6.31. The van der Waals surface area contributed by atoms with Crippen molar-refractivity contribution in [3.05, 3.63) is 39.9 Å². The van der Waals surface area contributed by atoms with Gasteiger partial charge in [0.05, 0.1) is 11.3 Å². The van der Waals surface area contributed by atoms with Crippen LogP contribution in [0.4, 0.5) is 5.69 Å². The number of carbonyl (C=O) groups excluding carboxylic acids is 1. The van der Waals surface area contributed by atoms with E-state index < -0.39 is 4.92 Å². The molecule has 2 rings (SSSR count). The number of halogens is 1. The number of nitro benzene ring substituents is 1. The number of carbonyl (C=O) groups is 1. The topological polar surface area (TPSA) is 75.5 Å². The monoisotopic (exact) mass is 299 g/mol. The molecule has 20 heavy (non-hydrogen) atoms. The molecule has 1 aromatic carbocycles. The van der Waals surface area contributed by atoms with Gasteiger partial charge in [-0.2, -0.15) is 0 Å². The Labute approximate surface area is 123 Å². The van der Waals surface area contributed by atoms with Crippen molar-refractivity contribution in [3.63, 3.8) is 0 Å². The summed E-state index contributed by atoms with van der Waals surface area (Å²) in [6.07, 6.45) is 0.214. The zero-order chi connectivity index (χ0) is 13.8. The Hall–Kier alpha value is -1.66. The summed E-state index contributed by atoms with van der Waals surface area (Å²) in [6.45, 7) is 4.28. The molecule has 0 unspecified atom stereocenters. The number of nitrogens with one attached hydrogen (secondary N) is 1. The summed E-state index contributed by atoms with van der Waals surface area (Å²) < 4.78 is 0. The van der Waals surface area contributed by atoms with Crippen LogP contribution >= 0.6 is 12.4 Å². The summed E-state index contributed by atoms with van der Waals surface area (Å²) in [4.78, 5) is 24.3. The molecule has 0 bridgehead atoms. The highest BCUT2D eigenvalue weighted by Gasteiger charge is 2.23. The van der Waals surface area contributed by atoms with E-state index in [0.29, 0.717) is 12.1 Å². The number of nitrogens with zero attached hydrogens (tertiary/aromatic N) is 2. The number of piperazine rings is 1. The van der Waals surface area contributed by atoms with E-state index in [9.17, 15) is 14.9 Å². The largest absolute Gasteiger partial charge is 0.337 e. The fourth-order valence-electron chi connectivity index (χ4n) is 2.27. The van der Waals surface area contributed by atoms with Crippen LogP contribution in [0.1, 0.15) is 12.5 Å². The van der Waals surface area contributed by atoms with Gasteiger partial charge in [0.1, 0.15) is 0 Å². The highest BCUT2D eigenvalue weighted by atomic mass is 35.5. The van der Waals surface area contributed by atoms with Crippen molar-refractivity contribution in [1.29, 1.82) is 0 Å². The highest BCUT2D eigenvalue weighted by Crippen LogP contribution is 2.15. The van der Waals surface area contributed by atoms with Crippen LogP contribution in [-0.2, 0) is 11.2 Å². The number of benzene rings is 1. The van der Waals surface area contributed by atoms with E-state index in [1.807, 2.05) is 11.8 Å². The predicted molar refractivity (Wildman–Crippen MR) is 78.1 cm³/mol. The lowest BCUT2D eigenvalue weighted by Crippen LogP contribution is -2.52. The quantitative estimate of drug-likeness (QED) is 0.676. The smallest absolute Gasteiger partial charge is 0.269 e. The Morgan fingerprint density at radius 3 is 2.95 bits per heavy atom. The van der Waals surface area contributed by atoms with Crippen LogP contribution < -0.4 is 5.32 Å². The second-order valence-corrected chi connectivity index (χ2v) is 4.74. The van der Waals surface area contributed by atoms with E-state index in [-0.39, 0.29) is 36.5 Å². The van der Waals surface area contributed by atoms with Crippen LogP contribution in [0.3, 0.4) is 0 Å². The van der Waals surface area contributed by atoms with Crippen molar-refractivity contribution in [3.8, 4) is 0 Å². The number of hydrogen-bond acceptors (Lipinski definition) is 4.